The van der Waals surface area contributed by atoms with Gasteiger partial charge in [-0.15, -0.1) is 11.8 Å². The Hall–Kier alpha value is -2.89. The van der Waals surface area contributed by atoms with Gasteiger partial charge in [0, 0.05) is 21.9 Å². The Morgan fingerprint density at radius 2 is 1.33 bits per heavy atom. The number of hydrogen-bond donors (Lipinski definition) is 2. The SMILES string of the molecule is O=C(Nc1ccccc1)[C@@](O)(CSc1ccccc1)C(=O)c1ccccc1. The molecule has 5 heteroatoms. The average Bonchev–Trinajstić information content (AvgIpc) is 2.73. The number of carbonyl (C=O) groups is 2. The van der Waals surface area contributed by atoms with Crippen molar-refractivity contribution in [2.75, 3.05) is 11.1 Å². The highest BCUT2D eigenvalue weighted by molar-refractivity contribution is 7.99. The smallest absolute Gasteiger partial charge is 0.265 e. The summed E-state index contributed by atoms with van der Waals surface area (Å²) in [6, 6.07) is 26.5. The first-order valence-electron chi connectivity index (χ1n) is 8.46. The van der Waals surface area contributed by atoms with Crippen LogP contribution in [0.2, 0.25) is 0 Å². The zero-order valence-electron chi connectivity index (χ0n) is 14.5. The summed E-state index contributed by atoms with van der Waals surface area (Å²) in [5, 5.41) is 13.8. The molecule has 0 aromatic heterocycles. The van der Waals surface area contributed by atoms with E-state index in [1.54, 1.807) is 54.6 Å². The summed E-state index contributed by atoms with van der Waals surface area (Å²) >= 11 is 1.26. The van der Waals surface area contributed by atoms with Crippen molar-refractivity contribution in [2.45, 2.75) is 10.5 Å². The summed E-state index contributed by atoms with van der Waals surface area (Å²) in [4.78, 5) is 26.7. The van der Waals surface area contributed by atoms with Crippen LogP contribution in [0.1, 0.15) is 10.4 Å². The third kappa shape index (κ3) is 4.64. The summed E-state index contributed by atoms with van der Waals surface area (Å²) in [6.07, 6.45) is 0. The molecule has 0 saturated carbocycles. The minimum Gasteiger partial charge on any atom is -0.372 e. The van der Waals surface area contributed by atoms with Crippen molar-refractivity contribution >= 4 is 29.1 Å². The van der Waals surface area contributed by atoms with Gasteiger partial charge in [-0.25, -0.2) is 0 Å². The van der Waals surface area contributed by atoms with Crippen molar-refractivity contribution in [1.29, 1.82) is 0 Å². The van der Waals surface area contributed by atoms with E-state index in [2.05, 4.69) is 5.32 Å². The molecule has 2 N–H and O–H groups in total. The molecule has 0 heterocycles. The van der Waals surface area contributed by atoms with E-state index in [9.17, 15) is 14.7 Å². The Balaban J connectivity index is 1.87. The van der Waals surface area contributed by atoms with Crippen LogP contribution in [0.5, 0.6) is 0 Å². The third-order valence-corrected chi connectivity index (χ3v) is 5.18. The molecule has 0 unspecified atom stereocenters. The van der Waals surface area contributed by atoms with Crippen LogP contribution in [0.4, 0.5) is 5.69 Å². The van der Waals surface area contributed by atoms with Crippen molar-refractivity contribution in [3.8, 4) is 0 Å². The fraction of sp³-hybridized carbons (Fsp3) is 0.0909. The van der Waals surface area contributed by atoms with E-state index in [0.29, 0.717) is 5.69 Å². The van der Waals surface area contributed by atoms with E-state index >= 15 is 0 Å². The lowest BCUT2D eigenvalue weighted by atomic mass is 9.93. The van der Waals surface area contributed by atoms with Gasteiger partial charge in [0.25, 0.3) is 5.91 Å². The molecular weight excluding hydrogens is 358 g/mol. The van der Waals surface area contributed by atoms with Gasteiger partial charge in [0.2, 0.25) is 11.4 Å². The number of carbonyl (C=O) groups excluding carboxylic acids is 2. The number of nitrogens with one attached hydrogen (secondary N) is 1. The fourth-order valence-corrected chi connectivity index (χ4v) is 3.51. The second-order valence-corrected chi connectivity index (χ2v) is 7.03. The molecule has 27 heavy (non-hydrogen) atoms. The molecule has 0 saturated heterocycles. The molecule has 0 aliphatic carbocycles. The molecule has 1 atom stereocenters. The predicted molar refractivity (Wildman–Crippen MR) is 108 cm³/mol. The molecule has 0 radical (unpaired) electrons. The second-order valence-electron chi connectivity index (χ2n) is 5.98. The van der Waals surface area contributed by atoms with E-state index in [0.717, 1.165) is 4.90 Å². The van der Waals surface area contributed by atoms with Crippen LogP contribution < -0.4 is 5.32 Å². The molecule has 136 valence electrons. The number of hydrogen-bond acceptors (Lipinski definition) is 4. The molecule has 0 bridgehead atoms. The lowest BCUT2D eigenvalue weighted by molar-refractivity contribution is -0.128. The molecule has 0 fully saturated rings. The van der Waals surface area contributed by atoms with Crippen LogP contribution in [-0.4, -0.2) is 28.2 Å². The Morgan fingerprint density at radius 1 is 0.815 bits per heavy atom. The maximum absolute atomic E-state index is 13.0. The first-order chi connectivity index (χ1) is 13.1. The van der Waals surface area contributed by atoms with E-state index in [-0.39, 0.29) is 11.3 Å². The van der Waals surface area contributed by atoms with Gasteiger partial charge >= 0.3 is 0 Å². The van der Waals surface area contributed by atoms with Crippen LogP contribution in [0.15, 0.2) is 95.9 Å². The number of Topliss-reactive ketones (excluding diaryl/α,β-unsaturated/α-hetero) is 1. The molecule has 3 aromatic rings. The Labute approximate surface area is 162 Å². The van der Waals surface area contributed by atoms with Gasteiger partial charge in [-0.05, 0) is 24.3 Å². The van der Waals surface area contributed by atoms with E-state index < -0.39 is 17.3 Å². The number of thioether (sulfide) groups is 1. The van der Waals surface area contributed by atoms with Crippen LogP contribution in [0.3, 0.4) is 0 Å². The Kier molecular flexibility index (Phi) is 6.06. The molecular formula is C22H19NO3S. The topological polar surface area (TPSA) is 66.4 Å². The Morgan fingerprint density at radius 3 is 1.93 bits per heavy atom. The van der Waals surface area contributed by atoms with Gasteiger partial charge < -0.3 is 10.4 Å². The summed E-state index contributed by atoms with van der Waals surface area (Å²) < 4.78 is 0. The highest BCUT2D eigenvalue weighted by Gasteiger charge is 2.44. The second kappa shape index (κ2) is 8.66. The molecule has 0 spiro atoms. The van der Waals surface area contributed by atoms with Gasteiger partial charge in [-0.3, -0.25) is 9.59 Å². The van der Waals surface area contributed by atoms with Crippen LogP contribution in [0, 0.1) is 0 Å². The average molecular weight is 377 g/mol. The molecule has 3 aromatic carbocycles. The number of aliphatic hydroxyl groups is 1. The maximum atomic E-state index is 13.0. The van der Waals surface area contributed by atoms with Gasteiger partial charge in [-0.2, -0.15) is 0 Å². The highest BCUT2D eigenvalue weighted by atomic mass is 32.2. The van der Waals surface area contributed by atoms with E-state index in [4.69, 9.17) is 0 Å². The standard InChI is InChI=1S/C22H19NO3S/c24-20(17-10-4-1-5-11-17)22(26,16-27-19-14-8-3-9-15-19)21(25)23-18-12-6-2-7-13-18/h1-15,26H,16H2,(H,23,25)/t22-/m1/s1. The number of rotatable bonds is 7. The van der Waals surface area contributed by atoms with Crippen LogP contribution >= 0.6 is 11.8 Å². The third-order valence-electron chi connectivity index (χ3n) is 4.01. The zero-order valence-corrected chi connectivity index (χ0v) is 15.4. The largest absolute Gasteiger partial charge is 0.372 e. The number of anilines is 1. The number of amides is 1. The Bertz CT molecular complexity index is 901. The van der Waals surface area contributed by atoms with E-state index in [1.165, 1.54) is 11.8 Å². The normalized spacial score (nSPS) is 12.8. The first-order valence-corrected chi connectivity index (χ1v) is 9.45. The molecule has 0 aliphatic heterocycles. The van der Waals surface area contributed by atoms with Gasteiger partial charge in [0.15, 0.2) is 0 Å². The summed E-state index contributed by atoms with van der Waals surface area (Å²) in [5.74, 6) is -1.46. The van der Waals surface area contributed by atoms with Crippen molar-refractivity contribution in [1.82, 2.24) is 0 Å². The molecule has 1 amide bonds. The van der Waals surface area contributed by atoms with Gasteiger partial charge in [0.1, 0.15) is 0 Å². The number of benzene rings is 3. The molecule has 4 nitrogen and oxygen atoms in total. The van der Waals surface area contributed by atoms with Crippen LogP contribution in [-0.2, 0) is 4.79 Å². The predicted octanol–water partition coefficient (Wildman–Crippen LogP) is 4.03. The zero-order chi connectivity index (χ0) is 19.1. The minimum absolute atomic E-state index is 0.0938. The number of ketones is 1. The van der Waals surface area contributed by atoms with Gasteiger partial charge in [0.05, 0.1) is 0 Å². The van der Waals surface area contributed by atoms with Crippen molar-refractivity contribution < 1.29 is 14.7 Å². The molecule has 0 aliphatic rings. The lowest BCUT2D eigenvalue weighted by Crippen LogP contribution is -2.52. The highest BCUT2D eigenvalue weighted by Crippen LogP contribution is 2.26. The summed E-state index contributed by atoms with van der Waals surface area (Å²) in [7, 11) is 0. The van der Waals surface area contributed by atoms with Crippen LogP contribution in [0.25, 0.3) is 0 Å². The lowest BCUT2D eigenvalue weighted by Gasteiger charge is -2.25. The maximum Gasteiger partial charge on any atom is 0.265 e. The fourth-order valence-electron chi connectivity index (χ4n) is 2.52. The van der Waals surface area contributed by atoms with E-state index in [1.807, 2.05) is 36.4 Å². The van der Waals surface area contributed by atoms with Crippen molar-refractivity contribution in [3.63, 3.8) is 0 Å². The summed E-state index contributed by atoms with van der Waals surface area (Å²) in [5.41, 5.74) is -1.39. The van der Waals surface area contributed by atoms with Crippen molar-refractivity contribution in [3.05, 3.63) is 96.6 Å². The van der Waals surface area contributed by atoms with Gasteiger partial charge in [-0.1, -0.05) is 66.7 Å². The summed E-state index contributed by atoms with van der Waals surface area (Å²) in [6.45, 7) is 0. The first kappa shape index (κ1) is 18.9. The van der Waals surface area contributed by atoms with Crippen molar-refractivity contribution in [2.24, 2.45) is 0 Å². The quantitative estimate of drug-likeness (QED) is 0.371. The minimum atomic E-state index is -2.20. The number of para-hydroxylation sites is 1. The monoisotopic (exact) mass is 377 g/mol. The molecule has 3 rings (SSSR count).